The Morgan fingerprint density at radius 1 is 1.13 bits per heavy atom. The van der Waals surface area contributed by atoms with Crippen molar-refractivity contribution in [2.75, 3.05) is 58.1 Å². The Labute approximate surface area is 227 Å². The number of pyridine rings is 1. The molecular weight excluding hydrogens is 511 g/mol. The van der Waals surface area contributed by atoms with Gasteiger partial charge >= 0.3 is 0 Å². The predicted molar refractivity (Wildman–Crippen MR) is 148 cm³/mol. The molecule has 0 spiro atoms. The van der Waals surface area contributed by atoms with Gasteiger partial charge in [0.05, 0.1) is 24.5 Å². The van der Waals surface area contributed by atoms with E-state index in [-0.39, 0.29) is 16.9 Å². The number of fused-ring (bicyclic) bond motifs is 1. The summed E-state index contributed by atoms with van der Waals surface area (Å²) >= 11 is 1.13. The predicted octanol–water partition coefficient (Wildman–Crippen LogP) is 5.92. The fraction of sp³-hybridized carbons (Fsp3) is 0.483. The lowest BCUT2D eigenvalue weighted by molar-refractivity contribution is 0.0378. The number of aromatic nitrogens is 1. The molecule has 0 saturated carbocycles. The molecule has 1 aliphatic rings. The van der Waals surface area contributed by atoms with Crippen molar-refractivity contribution >= 4 is 28.4 Å². The number of benzene rings is 2. The minimum absolute atomic E-state index is 0.00237. The summed E-state index contributed by atoms with van der Waals surface area (Å²) in [5.41, 5.74) is 3.14. The molecule has 2 heterocycles. The molecule has 0 atom stereocenters. The zero-order valence-corrected chi connectivity index (χ0v) is 23.1. The van der Waals surface area contributed by atoms with Crippen LogP contribution < -0.4 is 9.64 Å². The van der Waals surface area contributed by atoms with Gasteiger partial charge in [0.2, 0.25) is 0 Å². The van der Waals surface area contributed by atoms with Crippen molar-refractivity contribution in [3.8, 4) is 5.75 Å². The molecule has 2 aromatic carbocycles. The highest BCUT2D eigenvalue weighted by molar-refractivity contribution is 7.99. The SMILES string of the molecule is COc1ccc2ncc(N(C)C)c(CCCC3(CO)CCN(CCSc4cc(F)cc(F)c4F)CC3)c2c1. The molecule has 1 aliphatic heterocycles. The van der Waals surface area contributed by atoms with E-state index in [9.17, 15) is 18.3 Å². The van der Waals surface area contributed by atoms with Gasteiger partial charge in [0, 0.05) is 49.3 Å². The Kier molecular flexibility index (Phi) is 9.44. The van der Waals surface area contributed by atoms with Gasteiger partial charge in [0.1, 0.15) is 11.6 Å². The normalized spacial score (nSPS) is 15.7. The number of aryl methyl sites for hydroxylation is 1. The van der Waals surface area contributed by atoms with E-state index in [0.29, 0.717) is 18.4 Å². The standard InChI is InChI=1S/C29H36F3N3O2S/c1-34(2)26-18-33-25-7-6-21(37-3)17-23(25)22(26)5-4-8-29(19-36)9-11-35(12-10-29)13-14-38-27-16-20(30)15-24(31)28(27)32/h6-7,15-18,36H,4-5,8-14,19H2,1-3H3. The molecule has 0 radical (unpaired) electrons. The van der Waals surface area contributed by atoms with Gasteiger partial charge in [0.25, 0.3) is 0 Å². The van der Waals surface area contributed by atoms with Gasteiger partial charge in [-0.3, -0.25) is 4.98 Å². The van der Waals surface area contributed by atoms with Crippen molar-refractivity contribution in [1.29, 1.82) is 0 Å². The van der Waals surface area contributed by atoms with Gasteiger partial charge in [-0.25, -0.2) is 13.2 Å². The number of rotatable bonds is 11. The Morgan fingerprint density at radius 3 is 2.58 bits per heavy atom. The fourth-order valence-electron chi connectivity index (χ4n) is 5.29. The van der Waals surface area contributed by atoms with Crippen molar-refractivity contribution in [1.82, 2.24) is 9.88 Å². The Balaban J connectivity index is 1.34. The quantitative estimate of drug-likeness (QED) is 0.238. The van der Waals surface area contributed by atoms with E-state index in [1.807, 2.05) is 38.5 Å². The highest BCUT2D eigenvalue weighted by atomic mass is 32.2. The van der Waals surface area contributed by atoms with Crippen molar-refractivity contribution in [2.24, 2.45) is 5.41 Å². The number of anilines is 1. The number of piperidine rings is 1. The second-order valence-corrected chi connectivity index (χ2v) is 11.4. The van der Waals surface area contributed by atoms with Gasteiger partial charge in [-0.15, -0.1) is 11.8 Å². The summed E-state index contributed by atoms with van der Waals surface area (Å²) in [4.78, 5) is 9.00. The molecule has 0 amide bonds. The van der Waals surface area contributed by atoms with Crippen LogP contribution in [0.2, 0.25) is 0 Å². The number of ether oxygens (including phenoxy) is 1. The molecule has 0 bridgehead atoms. The molecule has 5 nitrogen and oxygen atoms in total. The van der Waals surface area contributed by atoms with Gasteiger partial charge < -0.3 is 19.6 Å². The molecule has 206 valence electrons. The maximum Gasteiger partial charge on any atom is 0.172 e. The van der Waals surface area contributed by atoms with Gasteiger partial charge in [0.15, 0.2) is 11.6 Å². The molecule has 1 saturated heterocycles. The molecule has 1 N–H and O–H groups in total. The zero-order chi connectivity index (χ0) is 27.3. The molecule has 3 aromatic rings. The molecule has 0 aliphatic carbocycles. The lowest BCUT2D eigenvalue weighted by Gasteiger charge is -2.41. The summed E-state index contributed by atoms with van der Waals surface area (Å²) in [5.74, 6) is -1.58. The summed E-state index contributed by atoms with van der Waals surface area (Å²) in [6.07, 6.45) is 6.41. The van der Waals surface area contributed by atoms with Crippen molar-refractivity contribution in [2.45, 2.75) is 37.0 Å². The fourth-order valence-corrected chi connectivity index (χ4v) is 6.28. The second kappa shape index (κ2) is 12.6. The van der Waals surface area contributed by atoms with Crippen LogP contribution in [-0.4, -0.2) is 68.2 Å². The van der Waals surface area contributed by atoms with Gasteiger partial charge in [-0.1, -0.05) is 0 Å². The van der Waals surface area contributed by atoms with Crippen molar-refractivity contribution in [3.63, 3.8) is 0 Å². The van der Waals surface area contributed by atoms with Crippen LogP contribution in [0.3, 0.4) is 0 Å². The van der Waals surface area contributed by atoms with E-state index in [0.717, 1.165) is 85.4 Å². The first-order chi connectivity index (χ1) is 18.2. The first-order valence-corrected chi connectivity index (χ1v) is 14.0. The largest absolute Gasteiger partial charge is 0.497 e. The molecule has 0 unspecified atom stereocenters. The number of halogens is 3. The highest BCUT2D eigenvalue weighted by Crippen LogP contribution is 2.38. The lowest BCUT2D eigenvalue weighted by Crippen LogP contribution is -2.42. The number of hydrogen-bond donors (Lipinski definition) is 1. The van der Waals surface area contributed by atoms with Crippen LogP contribution in [0.5, 0.6) is 5.75 Å². The summed E-state index contributed by atoms with van der Waals surface area (Å²) in [6, 6.07) is 7.56. The minimum atomic E-state index is -1.16. The van der Waals surface area contributed by atoms with Crippen LogP contribution in [0.4, 0.5) is 18.9 Å². The minimum Gasteiger partial charge on any atom is -0.497 e. The number of likely N-dealkylation sites (tertiary alicyclic amines) is 1. The van der Waals surface area contributed by atoms with Crippen LogP contribution in [-0.2, 0) is 6.42 Å². The van der Waals surface area contributed by atoms with E-state index in [1.54, 1.807) is 7.11 Å². The maximum atomic E-state index is 13.9. The monoisotopic (exact) mass is 547 g/mol. The number of thioether (sulfide) groups is 1. The molecular formula is C29H36F3N3O2S. The average Bonchev–Trinajstić information content (AvgIpc) is 2.91. The van der Waals surface area contributed by atoms with Crippen LogP contribution in [0.1, 0.15) is 31.2 Å². The third-order valence-electron chi connectivity index (χ3n) is 7.66. The van der Waals surface area contributed by atoms with Crippen molar-refractivity contribution < 1.29 is 23.0 Å². The van der Waals surface area contributed by atoms with E-state index in [4.69, 9.17) is 4.74 Å². The number of methoxy groups -OCH3 is 1. The number of nitrogens with zero attached hydrogens (tertiary/aromatic N) is 3. The summed E-state index contributed by atoms with van der Waals surface area (Å²) in [7, 11) is 5.71. The first-order valence-electron chi connectivity index (χ1n) is 13.0. The van der Waals surface area contributed by atoms with E-state index in [1.165, 1.54) is 5.56 Å². The number of hydrogen-bond acceptors (Lipinski definition) is 6. The molecule has 38 heavy (non-hydrogen) atoms. The third kappa shape index (κ3) is 6.55. The Morgan fingerprint density at radius 2 is 1.89 bits per heavy atom. The number of aliphatic hydroxyl groups excluding tert-OH is 1. The number of aliphatic hydroxyl groups is 1. The molecule has 1 fully saturated rings. The summed E-state index contributed by atoms with van der Waals surface area (Å²) in [5, 5.41) is 11.4. The van der Waals surface area contributed by atoms with Crippen molar-refractivity contribution in [3.05, 3.63) is 59.5 Å². The molecule has 4 rings (SSSR count). The van der Waals surface area contributed by atoms with Crippen LogP contribution >= 0.6 is 11.8 Å². The Bertz CT molecular complexity index is 1250. The maximum absolute atomic E-state index is 13.9. The summed E-state index contributed by atoms with van der Waals surface area (Å²) < 4.78 is 46.3. The molecule has 9 heteroatoms. The van der Waals surface area contributed by atoms with Crippen LogP contribution in [0.15, 0.2) is 41.4 Å². The smallest absolute Gasteiger partial charge is 0.172 e. The van der Waals surface area contributed by atoms with Crippen LogP contribution in [0.25, 0.3) is 10.9 Å². The van der Waals surface area contributed by atoms with E-state index < -0.39 is 17.5 Å². The second-order valence-electron chi connectivity index (χ2n) is 10.3. The van der Waals surface area contributed by atoms with Gasteiger partial charge in [-0.05, 0) is 80.4 Å². The van der Waals surface area contributed by atoms with E-state index >= 15 is 0 Å². The summed E-state index contributed by atoms with van der Waals surface area (Å²) in [6.45, 7) is 2.51. The highest BCUT2D eigenvalue weighted by Gasteiger charge is 2.33. The lowest BCUT2D eigenvalue weighted by atomic mass is 9.75. The third-order valence-corrected chi connectivity index (χ3v) is 8.65. The van der Waals surface area contributed by atoms with Gasteiger partial charge in [-0.2, -0.15) is 0 Å². The average molecular weight is 548 g/mol. The topological polar surface area (TPSA) is 48.8 Å². The zero-order valence-electron chi connectivity index (χ0n) is 22.3. The Hall–Kier alpha value is -2.49. The van der Waals surface area contributed by atoms with E-state index in [2.05, 4.69) is 14.8 Å². The first kappa shape index (κ1) is 28.5. The molecule has 1 aromatic heterocycles. The van der Waals surface area contributed by atoms with Crippen LogP contribution in [0, 0.1) is 22.9 Å².